The molecule has 0 bridgehead atoms. The van der Waals surface area contributed by atoms with E-state index in [2.05, 4.69) is 26.3 Å². The Morgan fingerprint density at radius 3 is 2.39 bits per heavy atom. The van der Waals surface area contributed by atoms with Crippen molar-refractivity contribution >= 4 is 27.3 Å². The number of sulfonamides is 1. The fraction of sp³-hybridized carbons (Fsp3) is 0.105. The maximum Gasteiger partial charge on any atom is 0.263 e. The van der Waals surface area contributed by atoms with Crippen molar-refractivity contribution in [3.05, 3.63) is 65.7 Å². The molecular formula is C19H17N5O3S. The van der Waals surface area contributed by atoms with Crippen molar-refractivity contribution in [1.82, 2.24) is 10.2 Å². The summed E-state index contributed by atoms with van der Waals surface area (Å²) in [5, 5.41) is 19.9. The van der Waals surface area contributed by atoms with E-state index in [4.69, 9.17) is 10.00 Å². The maximum atomic E-state index is 12.5. The van der Waals surface area contributed by atoms with Crippen LogP contribution < -0.4 is 14.8 Å². The van der Waals surface area contributed by atoms with Gasteiger partial charge in [-0.2, -0.15) is 5.26 Å². The molecule has 0 aliphatic carbocycles. The molecule has 3 aromatic rings. The van der Waals surface area contributed by atoms with Crippen LogP contribution in [0.5, 0.6) is 5.75 Å². The number of aryl methyl sites for hydroxylation is 1. The van der Waals surface area contributed by atoms with Crippen molar-refractivity contribution in [3.8, 4) is 11.8 Å². The third-order valence-corrected chi connectivity index (χ3v) is 5.24. The molecule has 9 heteroatoms. The summed E-state index contributed by atoms with van der Waals surface area (Å²) in [6.45, 7) is 1.76. The second-order valence-electron chi connectivity index (χ2n) is 5.82. The molecule has 2 aromatic carbocycles. The van der Waals surface area contributed by atoms with Crippen LogP contribution in [0.25, 0.3) is 0 Å². The molecule has 0 atom stereocenters. The van der Waals surface area contributed by atoms with Gasteiger partial charge in [-0.1, -0.05) is 12.1 Å². The van der Waals surface area contributed by atoms with Gasteiger partial charge in [0.15, 0.2) is 11.6 Å². The molecule has 0 saturated carbocycles. The summed E-state index contributed by atoms with van der Waals surface area (Å²) in [6, 6.07) is 16.7. The number of benzene rings is 2. The SMILES string of the molecule is COc1ccc(S(=O)(=O)Nc2ccc(Nc3ccccc3C#N)nn2)cc1C. The second-order valence-corrected chi connectivity index (χ2v) is 7.51. The highest BCUT2D eigenvalue weighted by Crippen LogP contribution is 2.23. The molecule has 0 spiro atoms. The van der Waals surface area contributed by atoms with E-state index in [1.165, 1.54) is 25.3 Å². The number of methoxy groups -OCH3 is 1. The molecule has 0 aliphatic heterocycles. The van der Waals surface area contributed by atoms with Gasteiger partial charge in [-0.3, -0.25) is 4.72 Å². The Morgan fingerprint density at radius 1 is 1.04 bits per heavy atom. The molecule has 1 heterocycles. The maximum absolute atomic E-state index is 12.5. The Labute approximate surface area is 162 Å². The molecule has 142 valence electrons. The van der Waals surface area contributed by atoms with Gasteiger partial charge in [0.25, 0.3) is 10.0 Å². The van der Waals surface area contributed by atoms with Gasteiger partial charge in [0.1, 0.15) is 11.8 Å². The van der Waals surface area contributed by atoms with Crippen LogP contribution in [0, 0.1) is 18.3 Å². The van der Waals surface area contributed by atoms with E-state index in [-0.39, 0.29) is 10.7 Å². The average Bonchev–Trinajstić information content (AvgIpc) is 2.69. The second kappa shape index (κ2) is 7.94. The predicted molar refractivity (Wildman–Crippen MR) is 105 cm³/mol. The Balaban J connectivity index is 1.76. The number of hydrogen-bond acceptors (Lipinski definition) is 7. The van der Waals surface area contributed by atoms with Crippen molar-refractivity contribution < 1.29 is 13.2 Å². The van der Waals surface area contributed by atoms with Crippen molar-refractivity contribution in [3.63, 3.8) is 0 Å². The molecule has 0 aliphatic rings. The zero-order valence-corrected chi connectivity index (χ0v) is 16.0. The molecule has 0 amide bonds. The Kier molecular flexibility index (Phi) is 5.42. The Hall–Kier alpha value is -3.64. The molecule has 3 rings (SSSR count). The van der Waals surface area contributed by atoms with E-state index >= 15 is 0 Å². The quantitative estimate of drug-likeness (QED) is 0.658. The topological polar surface area (TPSA) is 117 Å². The standard InChI is InChI=1S/C19H17N5O3S/c1-13-11-15(7-8-17(13)27-2)28(25,26)24-19-10-9-18(22-23-19)21-16-6-4-3-5-14(16)12-20/h3-11H,1-2H3,(H,21,22)(H,23,24). The highest BCUT2D eigenvalue weighted by atomic mass is 32.2. The molecule has 1 aromatic heterocycles. The summed E-state index contributed by atoms with van der Waals surface area (Å²) in [5.74, 6) is 1.06. The molecule has 8 nitrogen and oxygen atoms in total. The van der Waals surface area contributed by atoms with Gasteiger partial charge in [0, 0.05) is 0 Å². The van der Waals surface area contributed by atoms with Crippen LogP contribution in [0.2, 0.25) is 0 Å². The zero-order chi connectivity index (χ0) is 20.1. The summed E-state index contributed by atoms with van der Waals surface area (Å²) in [6.07, 6.45) is 0. The minimum Gasteiger partial charge on any atom is -0.496 e. The average molecular weight is 395 g/mol. The van der Waals surface area contributed by atoms with Crippen LogP contribution in [0.4, 0.5) is 17.3 Å². The number of anilines is 3. The summed E-state index contributed by atoms with van der Waals surface area (Å²) in [5.41, 5.74) is 1.75. The lowest BCUT2D eigenvalue weighted by atomic mass is 10.2. The first-order valence-electron chi connectivity index (χ1n) is 8.20. The first kappa shape index (κ1) is 19.1. The third-order valence-electron chi connectivity index (χ3n) is 3.89. The van der Waals surface area contributed by atoms with Crippen molar-refractivity contribution in [1.29, 1.82) is 5.26 Å². The number of aromatic nitrogens is 2. The van der Waals surface area contributed by atoms with E-state index in [1.54, 1.807) is 43.3 Å². The number of ether oxygens (including phenoxy) is 1. The molecule has 2 N–H and O–H groups in total. The first-order chi connectivity index (χ1) is 13.4. The summed E-state index contributed by atoms with van der Waals surface area (Å²) in [4.78, 5) is 0.0951. The van der Waals surface area contributed by atoms with Gasteiger partial charge in [0.05, 0.1) is 23.3 Å². The van der Waals surface area contributed by atoms with E-state index in [1.807, 2.05) is 0 Å². The van der Waals surface area contributed by atoms with Crippen LogP contribution >= 0.6 is 0 Å². The lowest BCUT2D eigenvalue weighted by Gasteiger charge is -2.10. The monoisotopic (exact) mass is 395 g/mol. The van der Waals surface area contributed by atoms with Gasteiger partial charge in [-0.05, 0) is 55.0 Å². The Morgan fingerprint density at radius 2 is 1.75 bits per heavy atom. The molecule has 0 unspecified atom stereocenters. The number of rotatable bonds is 6. The summed E-state index contributed by atoms with van der Waals surface area (Å²) >= 11 is 0. The highest BCUT2D eigenvalue weighted by molar-refractivity contribution is 7.92. The van der Waals surface area contributed by atoms with Gasteiger partial charge in [-0.25, -0.2) is 8.42 Å². The fourth-order valence-corrected chi connectivity index (χ4v) is 3.58. The Bertz CT molecular complexity index is 1140. The van der Waals surface area contributed by atoms with Crippen molar-refractivity contribution in [2.45, 2.75) is 11.8 Å². The zero-order valence-electron chi connectivity index (χ0n) is 15.2. The van der Waals surface area contributed by atoms with E-state index < -0.39 is 10.0 Å². The minimum absolute atomic E-state index is 0.0765. The van der Waals surface area contributed by atoms with Crippen LogP contribution in [-0.4, -0.2) is 25.7 Å². The molecular weight excluding hydrogens is 378 g/mol. The van der Waals surface area contributed by atoms with Gasteiger partial charge < -0.3 is 10.1 Å². The fourth-order valence-electron chi connectivity index (χ4n) is 2.50. The van der Waals surface area contributed by atoms with E-state index in [9.17, 15) is 8.42 Å². The van der Waals surface area contributed by atoms with Crippen molar-refractivity contribution in [2.75, 3.05) is 17.1 Å². The first-order valence-corrected chi connectivity index (χ1v) is 9.68. The molecule has 0 radical (unpaired) electrons. The molecule has 0 saturated heterocycles. The largest absolute Gasteiger partial charge is 0.496 e. The van der Waals surface area contributed by atoms with E-state index in [0.29, 0.717) is 28.4 Å². The normalized spacial score (nSPS) is 10.8. The molecule has 0 fully saturated rings. The lowest BCUT2D eigenvalue weighted by Crippen LogP contribution is -2.14. The third kappa shape index (κ3) is 4.19. The summed E-state index contributed by atoms with van der Waals surface area (Å²) in [7, 11) is -2.29. The van der Waals surface area contributed by atoms with E-state index in [0.717, 1.165) is 0 Å². The smallest absolute Gasteiger partial charge is 0.263 e. The van der Waals surface area contributed by atoms with Gasteiger partial charge >= 0.3 is 0 Å². The van der Waals surface area contributed by atoms with Crippen molar-refractivity contribution in [2.24, 2.45) is 0 Å². The van der Waals surface area contributed by atoms with Crippen LogP contribution in [0.3, 0.4) is 0 Å². The number of nitrogens with zero attached hydrogens (tertiary/aromatic N) is 3. The summed E-state index contributed by atoms with van der Waals surface area (Å²) < 4.78 is 32.6. The van der Waals surface area contributed by atoms with Crippen LogP contribution in [-0.2, 0) is 10.0 Å². The van der Waals surface area contributed by atoms with Crippen LogP contribution in [0.1, 0.15) is 11.1 Å². The highest BCUT2D eigenvalue weighted by Gasteiger charge is 2.16. The van der Waals surface area contributed by atoms with Gasteiger partial charge in [0.2, 0.25) is 0 Å². The number of nitrogens with one attached hydrogen (secondary N) is 2. The van der Waals surface area contributed by atoms with Gasteiger partial charge in [-0.15, -0.1) is 10.2 Å². The molecule has 28 heavy (non-hydrogen) atoms. The van der Waals surface area contributed by atoms with Crippen LogP contribution in [0.15, 0.2) is 59.5 Å². The number of nitriles is 1. The number of hydrogen-bond donors (Lipinski definition) is 2. The predicted octanol–water partition coefficient (Wildman–Crippen LogP) is 3.21. The lowest BCUT2D eigenvalue weighted by molar-refractivity contribution is 0.411. The number of para-hydroxylation sites is 1. The minimum atomic E-state index is -3.81.